The van der Waals surface area contributed by atoms with Crippen LogP contribution in [0.15, 0.2) is 41.4 Å². The van der Waals surface area contributed by atoms with Crippen LogP contribution in [0, 0.1) is 13.8 Å². The Hall–Kier alpha value is -2.10. The summed E-state index contributed by atoms with van der Waals surface area (Å²) in [6.45, 7) is 11.9. The Morgan fingerprint density at radius 1 is 1.17 bits per heavy atom. The lowest BCUT2D eigenvalue weighted by molar-refractivity contribution is -0.130. The molecule has 0 bridgehead atoms. The van der Waals surface area contributed by atoms with E-state index in [0.717, 1.165) is 37.3 Å². The normalized spacial score (nSPS) is 11.0. The number of benzene rings is 1. The van der Waals surface area contributed by atoms with Crippen molar-refractivity contribution in [2.24, 2.45) is 4.99 Å². The SMILES string of the molecule is CCNC(=NCC(=O)N(CC)Cc1ccccc1)NCCCn1nc(C)cc1C.I. The predicted molar refractivity (Wildman–Crippen MR) is 133 cm³/mol. The highest BCUT2D eigenvalue weighted by Gasteiger charge is 2.12. The minimum absolute atomic E-state index is 0. The fraction of sp³-hybridized carbons (Fsp3) is 0.500. The van der Waals surface area contributed by atoms with Gasteiger partial charge in [-0.3, -0.25) is 9.48 Å². The van der Waals surface area contributed by atoms with Gasteiger partial charge in [-0.05, 0) is 45.7 Å². The first-order valence-electron chi connectivity index (χ1n) is 10.4. The second kappa shape index (κ2) is 14.0. The Morgan fingerprint density at radius 2 is 1.90 bits per heavy atom. The van der Waals surface area contributed by atoms with Crippen molar-refractivity contribution in [3.8, 4) is 0 Å². The quantitative estimate of drug-likeness (QED) is 0.216. The Morgan fingerprint density at radius 3 is 2.50 bits per heavy atom. The Bertz CT molecular complexity index is 790. The highest BCUT2D eigenvalue weighted by molar-refractivity contribution is 14.0. The van der Waals surface area contributed by atoms with E-state index < -0.39 is 0 Å². The molecule has 8 heteroatoms. The minimum atomic E-state index is 0. The van der Waals surface area contributed by atoms with Crippen molar-refractivity contribution < 1.29 is 4.79 Å². The van der Waals surface area contributed by atoms with Gasteiger partial charge in [0.05, 0.1) is 5.69 Å². The lowest BCUT2D eigenvalue weighted by atomic mass is 10.2. The van der Waals surface area contributed by atoms with E-state index in [2.05, 4.69) is 33.7 Å². The summed E-state index contributed by atoms with van der Waals surface area (Å²) in [4.78, 5) is 18.9. The molecule has 0 fully saturated rings. The topological polar surface area (TPSA) is 74.6 Å². The molecule has 0 saturated heterocycles. The van der Waals surface area contributed by atoms with Crippen molar-refractivity contribution in [1.29, 1.82) is 0 Å². The summed E-state index contributed by atoms with van der Waals surface area (Å²) in [5.41, 5.74) is 3.34. The van der Waals surface area contributed by atoms with Gasteiger partial charge >= 0.3 is 0 Å². The molecule has 166 valence electrons. The summed E-state index contributed by atoms with van der Waals surface area (Å²) in [7, 11) is 0. The van der Waals surface area contributed by atoms with E-state index in [1.807, 2.05) is 60.7 Å². The first-order chi connectivity index (χ1) is 14.0. The number of aromatic nitrogens is 2. The van der Waals surface area contributed by atoms with E-state index in [1.165, 1.54) is 5.69 Å². The molecule has 0 aliphatic carbocycles. The number of halogens is 1. The van der Waals surface area contributed by atoms with Crippen LogP contribution in [0.5, 0.6) is 0 Å². The second-order valence-electron chi connectivity index (χ2n) is 7.02. The zero-order valence-electron chi connectivity index (χ0n) is 18.5. The summed E-state index contributed by atoms with van der Waals surface area (Å²) < 4.78 is 2.02. The molecule has 1 amide bonds. The molecule has 0 unspecified atom stereocenters. The van der Waals surface area contributed by atoms with E-state index in [-0.39, 0.29) is 36.4 Å². The smallest absolute Gasteiger partial charge is 0.244 e. The van der Waals surface area contributed by atoms with Crippen molar-refractivity contribution in [3.05, 3.63) is 53.3 Å². The summed E-state index contributed by atoms with van der Waals surface area (Å²) in [5, 5.41) is 11.0. The number of aliphatic imine (C=N–C) groups is 1. The molecular formula is C22H35IN6O. The molecule has 2 N–H and O–H groups in total. The standard InChI is InChI=1S/C22H34N6O.HI/c1-5-23-22(24-13-10-14-28-19(4)15-18(3)26-28)25-16-21(29)27(6-2)17-20-11-8-7-9-12-20;/h7-9,11-12,15H,5-6,10,13-14,16-17H2,1-4H3,(H2,23,24,25);1H. The molecule has 2 rings (SSSR count). The van der Waals surface area contributed by atoms with Crippen molar-refractivity contribution >= 4 is 35.8 Å². The molecule has 30 heavy (non-hydrogen) atoms. The average Bonchev–Trinajstić information content (AvgIpc) is 3.04. The molecule has 0 atom stereocenters. The second-order valence-corrected chi connectivity index (χ2v) is 7.02. The molecular weight excluding hydrogens is 491 g/mol. The van der Waals surface area contributed by atoms with Gasteiger partial charge in [0, 0.05) is 38.4 Å². The molecule has 1 aromatic heterocycles. The lowest BCUT2D eigenvalue weighted by Gasteiger charge is -2.20. The Labute approximate surface area is 197 Å². The van der Waals surface area contributed by atoms with Gasteiger partial charge in [0.2, 0.25) is 5.91 Å². The highest BCUT2D eigenvalue weighted by atomic mass is 127. The van der Waals surface area contributed by atoms with Crippen LogP contribution in [-0.4, -0.2) is 52.7 Å². The maximum Gasteiger partial charge on any atom is 0.244 e. The van der Waals surface area contributed by atoms with E-state index in [1.54, 1.807) is 0 Å². The summed E-state index contributed by atoms with van der Waals surface area (Å²) >= 11 is 0. The van der Waals surface area contributed by atoms with Crippen molar-refractivity contribution in [2.75, 3.05) is 26.2 Å². The van der Waals surface area contributed by atoms with Gasteiger partial charge in [0.1, 0.15) is 6.54 Å². The summed E-state index contributed by atoms with van der Waals surface area (Å²) in [5.74, 6) is 0.696. The van der Waals surface area contributed by atoms with Crippen molar-refractivity contribution in [1.82, 2.24) is 25.3 Å². The van der Waals surface area contributed by atoms with Crippen molar-refractivity contribution in [2.45, 2.75) is 47.2 Å². The molecule has 0 aliphatic rings. The van der Waals surface area contributed by atoms with Crippen molar-refractivity contribution in [3.63, 3.8) is 0 Å². The zero-order valence-corrected chi connectivity index (χ0v) is 20.8. The number of likely N-dealkylation sites (N-methyl/N-ethyl adjacent to an activating group) is 1. The van der Waals surface area contributed by atoms with E-state index in [4.69, 9.17) is 0 Å². The molecule has 2 aromatic rings. The fourth-order valence-corrected chi connectivity index (χ4v) is 3.11. The number of amides is 1. The number of nitrogens with one attached hydrogen (secondary N) is 2. The third kappa shape index (κ3) is 8.73. The molecule has 7 nitrogen and oxygen atoms in total. The van der Waals surface area contributed by atoms with E-state index in [9.17, 15) is 4.79 Å². The number of aryl methyl sites for hydroxylation is 3. The summed E-state index contributed by atoms with van der Waals surface area (Å²) in [6, 6.07) is 12.1. The lowest BCUT2D eigenvalue weighted by Crippen LogP contribution is -2.39. The molecule has 1 heterocycles. The number of guanidine groups is 1. The molecule has 0 saturated carbocycles. The average molecular weight is 526 g/mol. The number of carbonyl (C=O) groups is 1. The van der Waals surface area contributed by atoms with E-state index in [0.29, 0.717) is 19.0 Å². The monoisotopic (exact) mass is 526 g/mol. The van der Waals surface area contributed by atoms with Gasteiger partial charge in [0.15, 0.2) is 5.96 Å². The minimum Gasteiger partial charge on any atom is -0.357 e. The first-order valence-corrected chi connectivity index (χ1v) is 10.4. The van der Waals surface area contributed by atoms with Gasteiger partial charge in [-0.1, -0.05) is 30.3 Å². The number of nitrogens with zero attached hydrogens (tertiary/aromatic N) is 4. The first kappa shape index (κ1) is 25.9. The molecule has 0 radical (unpaired) electrons. The van der Waals surface area contributed by atoms with Crippen LogP contribution in [0.2, 0.25) is 0 Å². The third-order valence-electron chi connectivity index (χ3n) is 4.61. The zero-order chi connectivity index (χ0) is 21.1. The maximum atomic E-state index is 12.6. The fourth-order valence-electron chi connectivity index (χ4n) is 3.11. The number of hydrogen-bond acceptors (Lipinski definition) is 3. The Balaban J connectivity index is 0.00000450. The van der Waals surface area contributed by atoms with Crippen LogP contribution in [0.25, 0.3) is 0 Å². The Kier molecular flexibility index (Phi) is 12.1. The molecule has 0 spiro atoms. The van der Waals surface area contributed by atoms with Crippen LogP contribution in [0.3, 0.4) is 0 Å². The van der Waals surface area contributed by atoms with Gasteiger partial charge in [-0.2, -0.15) is 5.10 Å². The van der Waals surface area contributed by atoms with Gasteiger partial charge in [-0.25, -0.2) is 4.99 Å². The van der Waals surface area contributed by atoms with Crippen LogP contribution in [-0.2, 0) is 17.9 Å². The number of hydrogen-bond donors (Lipinski definition) is 2. The van der Waals surface area contributed by atoms with Crippen LogP contribution < -0.4 is 10.6 Å². The third-order valence-corrected chi connectivity index (χ3v) is 4.61. The number of carbonyl (C=O) groups excluding carboxylic acids is 1. The predicted octanol–water partition coefficient (Wildman–Crippen LogP) is 3.11. The highest BCUT2D eigenvalue weighted by Crippen LogP contribution is 2.05. The van der Waals surface area contributed by atoms with Crippen LogP contribution in [0.1, 0.15) is 37.2 Å². The largest absolute Gasteiger partial charge is 0.357 e. The van der Waals surface area contributed by atoms with Crippen LogP contribution in [0.4, 0.5) is 0 Å². The van der Waals surface area contributed by atoms with Crippen LogP contribution >= 0.6 is 24.0 Å². The number of rotatable bonds is 10. The maximum absolute atomic E-state index is 12.6. The van der Waals surface area contributed by atoms with Gasteiger partial charge < -0.3 is 15.5 Å². The van der Waals surface area contributed by atoms with Gasteiger partial charge in [-0.15, -0.1) is 24.0 Å². The summed E-state index contributed by atoms with van der Waals surface area (Å²) in [6.07, 6.45) is 0.926. The molecule has 1 aromatic carbocycles. The van der Waals surface area contributed by atoms with Gasteiger partial charge in [0.25, 0.3) is 0 Å². The van der Waals surface area contributed by atoms with E-state index >= 15 is 0 Å². The molecule has 0 aliphatic heterocycles.